The second-order valence-electron chi connectivity index (χ2n) is 4.31. The molecule has 1 unspecified atom stereocenters. The summed E-state index contributed by atoms with van der Waals surface area (Å²) < 4.78 is 0. The van der Waals surface area contributed by atoms with Crippen LogP contribution in [0, 0.1) is 11.3 Å². The van der Waals surface area contributed by atoms with Crippen molar-refractivity contribution in [1.82, 2.24) is 16.0 Å². The molecule has 0 aliphatic carbocycles. The zero-order valence-electron chi connectivity index (χ0n) is 10.5. The first-order chi connectivity index (χ1) is 9.58. The standard InChI is InChI=1S/C13H12N4O3/c14-6-8-2-1-3-9(4-8)7-15-11(18)5-10-12(19)17-13(20)16-10/h1-4,10H,5,7H2,(H,15,18)(H2,16,17,19,20). The molecule has 1 aliphatic heterocycles. The van der Waals surface area contributed by atoms with E-state index < -0.39 is 18.0 Å². The number of nitriles is 1. The van der Waals surface area contributed by atoms with Crippen molar-refractivity contribution in [2.24, 2.45) is 0 Å². The van der Waals surface area contributed by atoms with Gasteiger partial charge < -0.3 is 10.6 Å². The summed E-state index contributed by atoms with van der Waals surface area (Å²) in [6, 6.07) is 7.45. The molecule has 0 bridgehead atoms. The zero-order chi connectivity index (χ0) is 14.5. The van der Waals surface area contributed by atoms with Crippen LogP contribution in [0.4, 0.5) is 4.79 Å². The Bertz CT molecular complexity index is 606. The van der Waals surface area contributed by atoms with Gasteiger partial charge in [-0.05, 0) is 17.7 Å². The Balaban J connectivity index is 1.85. The quantitative estimate of drug-likeness (QED) is 0.657. The van der Waals surface area contributed by atoms with Gasteiger partial charge in [0.25, 0.3) is 5.91 Å². The first-order valence-electron chi connectivity index (χ1n) is 5.95. The van der Waals surface area contributed by atoms with Crippen LogP contribution < -0.4 is 16.0 Å². The summed E-state index contributed by atoms with van der Waals surface area (Å²) in [7, 11) is 0. The Kier molecular flexibility index (Phi) is 3.96. The predicted molar refractivity (Wildman–Crippen MR) is 68.1 cm³/mol. The molecule has 4 amide bonds. The number of carbonyl (C=O) groups excluding carboxylic acids is 3. The van der Waals surface area contributed by atoms with Crippen LogP contribution in [0.2, 0.25) is 0 Å². The van der Waals surface area contributed by atoms with Gasteiger partial charge in [-0.2, -0.15) is 5.26 Å². The fourth-order valence-electron chi connectivity index (χ4n) is 1.81. The number of amides is 4. The number of benzene rings is 1. The van der Waals surface area contributed by atoms with Gasteiger partial charge in [0.05, 0.1) is 18.1 Å². The van der Waals surface area contributed by atoms with Crippen molar-refractivity contribution in [3.63, 3.8) is 0 Å². The average Bonchev–Trinajstić information content (AvgIpc) is 2.75. The van der Waals surface area contributed by atoms with Gasteiger partial charge in [0, 0.05) is 6.54 Å². The van der Waals surface area contributed by atoms with Crippen molar-refractivity contribution < 1.29 is 14.4 Å². The van der Waals surface area contributed by atoms with Gasteiger partial charge >= 0.3 is 6.03 Å². The van der Waals surface area contributed by atoms with E-state index >= 15 is 0 Å². The molecule has 1 aliphatic rings. The highest BCUT2D eigenvalue weighted by atomic mass is 16.2. The van der Waals surface area contributed by atoms with Crippen LogP contribution in [-0.2, 0) is 16.1 Å². The summed E-state index contributed by atoms with van der Waals surface area (Å²) in [6.45, 7) is 0.261. The summed E-state index contributed by atoms with van der Waals surface area (Å²) >= 11 is 0. The first kappa shape index (κ1) is 13.5. The molecule has 0 spiro atoms. The molecule has 0 aromatic heterocycles. The van der Waals surface area contributed by atoms with Crippen LogP contribution in [-0.4, -0.2) is 23.9 Å². The molecule has 1 aromatic carbocycles. The van der Waals surface area contributed by atoms with Crippen molar-refractivity contribution in [2.75, 3.05) is 0 Å². The van der Waals surface area contributed by atoms with Crippen LogP contribution >= 0.6 is 0 Å². The van der Waals surface area contributed by atoms with Crippen LogP contribution in [0.25, 0.3) is 0 Å². The smallest absolute Gasteiger partial charge is 0.322 e. The van der Waals surface area contributed by atoms with Crippen molar-refractivity contribution >= 4 is 17.8 Å². The Morgan fingerprint density at radius 2 is 2.20 bits per heavy atom. The summed E-state index contributed by atoms with van der Waals surface area (Å²) in [4.78, 5) is 33.8. The molecule has 0 radical (unpaired) electrons. The molecule has 1 atom stereocenters. The summed E-state index contributed by atoms with van der Waals surface area (Å²) in [5.74, 6) is -0.855. The Morgan fingerprint density at radius 1 is 1.40 bits per heavy atom. The summed E-state index contributed by atoms with van der Waals surface area (Å²) in [5.41, 5.74) is 1.30. The van der Waals surface area contributed by atoms with E-state index in [9.17, 15) is 14.4 Å². The van der Waals surface area contributed by atoms with E-state index in [1.807, 2.05) is 6.07 Å². The third kappa shape index (κ3) is 3.32. The second kappa shape index (κ2) is 5.84. The second-order valence-corrected chi connectivity index (χ2v) is 4.31. The van der Waals surface area contributed by atoms with E-state index in [1.165, 1.54) is 0 Å². The number of hydrogen-bond acceptors (Lipinski definition) is 4. The Morgan fingerprint density at radius 3 is 2.85 bits per heavy atom. The van der Waals surface area contributed by atoms with E-state index in [-0.39, 0.29) is 18.9 Å². The fourth-order valence-corrected chi connectivity index (χ4v) is 1.81. The normalized spacial score (nSPS) is 17.1. The van der Waals surface area contributed by atoms with Gasteiger partial charge in [-0.1, -0.05) is 12.1 Å². The molecule has 1 heterocycles. The maximum atomic E-state index is 11.7. The number of hydrogen-bond donors (Lipinski definition) is 3. The third-order valence-electron chi connectivity index (χ3n) is 2.79. The lowest BCUT2D eigenvalue weighted by atomic mass is 10.1. The van der Waals surface area contributed by atoms with Gasteiger partial charge in [-0.25, -0.2) is 4.79 Å². The van der Waals surface area contributed by atoms with Gasteiger partial charge in [-0.15, -0.1) is 0 Å². The molecule has 1 saturated heterocycles. The van der Waals surface area contributed by atoms with Crippen LogP contribution in [0.1, 0.15) is 17.5 Å². The van der Waals surface area contributed by atoms with E-state index in [0.717, 1.165) is 5.56 Å². The molecule has 7 heteroatoms. The number of nitrogens with one attached hydrogen (secondary N) is 3. The minimum absolute atomic E-state index is 0.116. The van der Waals surface area contributed by atoms with Crippen LogP contribution in [0.5, 0.6) is 0 Å². The Labute approximate surface area is 115 Å². The highest BCUT2D eigenvalue weighted by Crippen LogP contribution is 2.04. The van der Waals surface area contributed by atoms with E-state index in [4.69, 9.17) is 5.26 Å². The highest BCUT2D eigenvalue weighted by molar-refractivity contribution is 6.05. The molecule has 3 N–H and O–H groups in total. The predicted octanol–water partition coefficient (Wildman–Crippen LogP) is -0.227. The molecular weight excluding hydrogens is 260 g/mol. The number of imide groups is 1. The number of nitrogens with zero attached hydrogens (tertiary/aromatic N) is 1. The van der Waals surface area contributed by atoms with E-state index in [1.54, 1.807) is 24.3 Å². The highest BCUT2D eigenvalue weighted by Gasteiger charge is 2.31. The SMILES string of the molecule is N#Cc1cccc(CNC(=O)CC2NC(=O)NC2=O)c1. The van der Waals surface area contributed by atoms with Crippen LogP contribution in [0.15, 0.2) is 24.3 Å². The van der Waals surface area contributed by atoms with Crippen molar-refractivity contribution in [2.45, 2.75) is 19.0 Å². The van der Waals surface area contributed by atoms with Gasteiger partial charge in [0.2, 0.25) is 5.91 Å². The molecule has 1 aromatic rings. The van der Waals surface area contributed by atoms with Gasteiger partial charge in [0.1, 0.15) is 6.04 Å². The maximum Gasteiger partial charge on any atom is 0.322 e. The molecule has 1 fully saturated rings. The van der Waals surface area contributed by atoms with Gasteiger partial charge in [-0.3, -0.25) is 14.9 Å². The zero-order valence-corrected chi connectivity index (χ0v) is 10.5. The van der Waals surface area contributed by atoms with E-state index in [0.29, 0.717) is 5.56 Å². The lowest BCUT2D eigenvalue weighted by Crippen LogP contribution is -2.36. The average molecular weight is 272 g/mol. The lowest BCUT2D eigenvalue weighted by molar-refractivity contribution is -0.126. The largest absolute Gasteiger partial charge is 0.352 e. The summed E-state index contributed by atoms with van der Waals surface area (Å²) in [6.07, 6.45) is -0.116. The monoisotopic (exact) mass is 272 g/mol. The molecule has 0 saturated carbocycles. The number of urea groups is 1. The topological polar surface area (TPSA) is 111 Å². The van der Waals surface area contributed by atoms with Crippen molar-refractivity contribution in [1.29, 1.82) is 5.26 Å². The summed E-state index contributed by atoms with van der Waals surface area (Å²) in [5, 5.41) is 15.8. The third-order valence-corrected chi connectivity index (χ3v) is 2.79. The maximum absolute atomic E-state index is 11.7. The lowest BCUT2D eigenvalue weighted by Gasteiger charge is -2.08. The fraction of sp³-hybridized carbons (Fsp3) is 0.231. The molecule has 7 nitrogen and oxygen atoms in total. The molecular formula is C13H12N4O3. The first-order valence-corrected chi connectivity index (χ1v) is 5.95. The Hall–Kier alpha value is -2.88. The minimum atomic E-state index is -0.826. The van der Waals surface area contributed by atoms with E-state index in [2.05, 4.69) is 16.0 Å². The minimum Gasteiger partial charge on any atom is -0.352 e. The van der Waals surface area contributed by atoms with Crippen molar-refractivity contribution in [3.05, 3.63) is 35.4 Å². The van der Waals surface area contributed by atoms with Gasteiger partial charge in [0.15, 0.2) is 0 Å². The number of carbonyl (C=O) groups is 3. The molecule has 2 rings (SSSR count). The van der Waals surface area contributed by atoms with Crippen molar-refractivity contribution in [3.8, 4) is 6.07 Å². The molecule has 20 heavy (non-hydrogen) atoms. The number of rotatable bonds is 4. The van der Waals surface area contributed by atoms with Crippen LogP contribution in [0.3, 0.4) is 0 Å². The molecule has 102 valence electrons.